The Morgan fingerprint density at radius 1 is 0.796 bits per heavy atom. The van der Waals surface area contributed by atoms with Gasteiger partial charge in [0, 0.05) is 37.2 Å². The average molecular weight is 739 g/mol. The lowest BCUT2D eigenvalue weighted by molar-refractivity contribution is -0.122. The van der Waals surface area contributed by atoms with Crippen molar-refractivity contribution in [3.63, 3.8) is 0 Å². The molecule has 0 bridgehead atoms. The lowest BCUT2D eigenvalue weighted by Crippen LogP contribution is -2.10. The SMILES string of the molecule is C1CC1.C1CN1.C=C(C)c1cc2cc(Oc3ccc(C(C)(C)C)cc3)ccc2cn1.CC.CCCc1ccc(-c2ccc(C(C)(F)F)cc2)cc1.O=CO. The zero-order valence-corrected chi connectivity index (χ0v) is 33.5. The van der Waals surface area contributed by atoms with Crippen LogP contribution >= 0.6 is 0 Å². The van der Waals surface area contributed by atoms with Crippen LogP contribution in [0.15, 0.2) is 110 Å². The highest BCUT2D eigenvalue weighted by Gasteiger charge is 2.23. The number of carboxylic acid groups (broad SMARTS) is 1. The van der Waals surface area contributed by atoms with E-state index in [2.05, 4.69) is 68.8 Å². The van der Waals surface area contributed by atoms with Crippen LogP contribution in [0.1, 0.15) is 103 Å². The van der Waals surface area contributed by atoms with Gasteiger partial charge in [0.1, 0.15) is 11.5 Å². The van der Waals surface area contributed by atoms with Gasteiger partial charge in [-0.2, -0.15) is 0 Å². The summed E-state index contributed by atoms with van der Waals surface area (Å²) in [7, 11) is 0. The molecule has 2 aliphatic rings. The molecule has 0 spiro atoms. The molecule has 7 rings (SSSR count). The van der Waals surface area contributed by atoms with Crippen molar-refractivity contribution < 1.29 is 23.4 Å². The average Bonchev–Trinajstić information content (AvgIpc) is 4.05. The van der Waals surface area contributed by atoms with E-state index in [1.807, 2.05) is 75.5 Å². The van der Waals surface area contributed by atoms with Crippen molar-refractivity contribution in [2.75, 3.05) is 13.1 Å². The normalized spacial score (nSPS) is 12.2. The fourth-order valence-corrected chi connectivity index (χ4v) is 4.68. The first-order chi connectivity index (χ1) is 25.7. The maximum Gasteiger partial charge on any atom is 0.290 e. The van der Waals surface area contributed by atoms with Crippen LogP contribution in [0.2, 0.25) is 0 Å². The van der Waals surface area contributed by atoms with E-state index in [1.54, 1.807) is 12.1 Å². The molecule has 7 heteroatoms. The van der Waals surface area contributed by atoms with Gasteiger partial charge in [0.15, 0.2) is 0 Å². The van der Waals surface area contributed by atoms with Gasteiger partial charge in [0.05, 0.1) is 5.69 Å². The lowest BCUT2D eigenvalue weighted by atomic mass is 9.87. The van der Waals surface area contributed by atoms with Crippen LogP contribution in [-0.4, -0.2) is 29.7 Å². The fourth-order valence-electron chi connectivity index (χ4n) is 4.68. The number of benzene rings is 4. The summed E-state index contributed by atoms with van der Waals surface area (Å²) >= 11 is 0. The third-order valence-corrected chi connectivity index (χ3v) is 7.91. The number of aromatic nitrogens is 1. The van der Waals surface area contributed by atoms with E-state index in [1.165, 1.54) is 55.6 Å². The second-order valence-corrected chi connectivity index (χ2v) is 14.1. The van der Waals surface area contributed by atoms with Crippen LogP contribution in [-0.2, 0) is 22.6 Å². The van der Waals surface area contributed by atoms with E-state index in [4.69, 9.17) is 14.6 Å². The highest BCUT2D eigenvalue weighted by molar-refractivity contribution is 5.85. The number of rotatable bonds is 7. The number of hydrogen-bond donors (Lipinski definition) is 2. The molecule has 1 aliphatic carbocycles. The molecule has 5 aromatic rings. The first-order valence-corrected chi connectivity index (χ1v) is 19.0. The summed E-state index contributed by atoms with van der Waals surface area (Å²) in [5.74, 6) is -1.11. The summed E-state index contributed by atoms with van der Waals surface area (Å²) in [6, 6.07) is 31.2. The van der Waals surface area contributed by atoms with Crippen molar-refractivity contribution in [1.82, 2.24) is 10.3 Å². The zero-order valence-electron chi connectivity index (χ0n) is 33.5. The summed E-state index contributed by atoms with van der Waals surface area (Å²) in [4.78, 5) is 12.8. The lowest BCUT2D eigenvalue weighted by Gasteiger charge is -2.19. The zero-order chi connectivity index (χ0) is 40.1. The van der Waals surface area contributed by atoms with Gasteiger partial charge in [0.2, 0.25) is 0 Å². The van der Waals surface area contributed by atoms with Gasteiger partial charge in [-0.15, -0.1) is 0 Å². The van der Waals surface area contributed by atoms with E-state index in [0.29, 0.717) is 0 Å². The van der Waals surface area contributed by atoms with Gasteiger partial charge in [-0.3, -0.25) is 9.78 Å². The molecule has 4 aromatic carbocycles. The minimum atomic E-state index is -2.77. The van der Waals surface area contributed by atoms with E-state index >= 15 is 0 Å². The van der Waals surface area contributed by atoms with Gasteiger partial charge >= 0.3 is 0 Å². The van der Waals surface area contributed by atoms with Crippen LogP contribution in [0.3, 0.4) is 0 Å². The van der Waals surface area contributed by atoms with Crippen molar-refractivity contribution in [1.29, 1.82) is 0 Å². The molecule has 54 heavy (non-hydrogen) atoms. The number of halogens is 2. The number of pyridine rings is 1. The number of carbonyl (C=O) groups is 1. The molecule has 290 valence electrons. The largest absolute Gasteiger partial charge is 0.483 e. The summed E-state index contributed by atoms with van der Waals surface area (Å²) in [5.41, 5.74) is 6.71. The maximum atomic E-state index is 13.1. The number of fused-ring (bicyclic) bond motifs is 1. The quantitative estimate of drug-likeness (QED) is 0.128. The molecular formula is C47H60F2N2O3. The molecule has 2 fully saturated rings. The minimum absolute atomic E-state index is 0.0545. The van der Waals surface area contributed by atoms with E-state index < -0.39 is 5.92 Å². The Hall–Kier alpha value is -4.88. The number of nitrogens with zero attached hydrogens (tertiary/aromatic N) is 1. The predicted molar refractivity (Wildman–Crippen MR) is 224 cm³/mol. The first-order valence-electron chi connectivity index (χ1n) is 19.0. The Morgan fingerprint density at radius 3 is 1.70 bits per heavy atom. The maximum absolute atomic E-state index is 13.1. The summed E-state index contributed by atoms with van der Waals surface area (Å²) in [6.07, 6.45) is 8.57. The number of ether oxygens (including phenoxy) is 1. The fraction of sp³-hybridized carbons (Fsp3) is 0.362. The third-order valence-electron chi connectivity index (χ3n) is 7.91. The third kappa shape index (κ3) is 17.3. The van der Waals surface area contributed by atoms with Gasteiger partial charge in [-0.25, -0.2) is 8.78 Å². The predicted octanol–water partition coefficient (Wildman–Crippen LogP) is 13.3. The second kappa shape index (κ2) is 23.0. The number of allylic oxidation sites excluding steroid dienone is 1. The smallest absolute Gasteiger partial charge is 0.290 e. The van der Waals surface area contributed by atoms with Gasteiger partial charge < -0.3 is 15.2 Å². The molecule has 2 N–H and O–H groups in total. The first kappa shape index (κ1) is 45.3. The molecule has 2 heterocycles. The van der Waals surface area contributed by atoms with Gasteiger partial charge in [-0.1, -0.05) is 134 Å². The standard InChI is InChI=1S/C22H23NO.C17H18F2.C3H6.C2H5N.C2H6.CH2O2/c1-15(2)21-13-17-12-20(9-6-16(17)14-23-21)24-19-10-7-18(8-11-19)22(3,4)5;1-3-4-13-5-7-14(8-6-13)15-9-11-16(12-10-15)17(2,18)19;2*1-2-3-1;1-2;2-1-3/h6-14H,1H2,2-5H3;5-12H,3-4H2,1-2H3;1-3H2;3H,1-2H2;1-2H3;1H,(H,2,3). The van der Waals surface area contributed by atoms with E-state index in [0.717, 1.165) is 64.4 Å². The highest BCUT2D eigenvalue weighted by atomic mass is 19.3. The number of alkyl halides is 2. The number of hydrogen-bond acceptors (Lipinski definition) is 4. The monoisotopic (exact) mass is 738 g/mol. The van der Waals surface area contributed by atoms with Crippen molar-refractivity contribution in [2.45, 2.75) is 98.8 Å². The Kier molecular flexibility index (Phi) is 19.3. The molecule has 0 radical (unpaired) electrons. The molecule has 0 atom stereocenters. The summed E-state index contributed by atoms with van der Waals surface area (Å²) in [5, 5.41) is 12.1. The highest BCUT2D eigenvalue weighted by Crippen LogP contribution is 2.31. The molecule has 1 saturated heterocycles. The molecule has 1 saturated carbocycles. The van der Waals surface area contributed by atoms with E-state index in [9.17, 15) is 8.78 Å². The topological polar surface area (TPSA) is 81.4 Å². The minimum Gasteiger partial charge on any atom is -0.483 e. The van der Waals surface area contributed by atoms with Crippen LogP contribution in [0.5, 0.6) is 11.5 Å². The van der Waals surface area contributed by atoms with Crippen molar-refractivity contribution >= 4 is 22.8 Å². The Morgan fingerprint density at radius 2 is 1.28 bits per heavy atom. The Labute approximate surface area is 322 Å². The Bertz CT molecular complexity index is 1810. The Balaban J connectivity index is 0.000000296. The summed E-state index contributed by atoms with van der Waals surface area (Å²) < 4.78 is 32.3. The van der Waals surface area contributed by atoms with Crippen LogP contribution < -0.4 is 10.1 Å². The van der Waals surface area contributed by atoms with Crippen LogP contribution in [0.4, 0.5) is 8.78 Å². The van der Waals surface area contributed by atoms with Gasteiger partial charge in [0.25, 0.3) is 12.4 Å². The van der Waals surface area contributed by atoms with Crippen molar-refractivity contribution in [2.24, 2.45) is 0 Å². The number of aryl methyl sites for hydroxylation is 1. The van der Waals surface area contributed by atoms with Crippen molar-refractivity contribution in [3.8, 4) is 22.6 Å². The van der Waals surface area contributed by atoms with Gasteiger partial charge in [-0.05, 0) is 88.4 Å². The van der Waals surface area contributed by atoms with E-state index in [-0.39, 0.29) is 17.5 Å². The molecule has 0 amide bonds. The summed E-state index contributed by atoms with van der Waals surface area (Å²) in [6.45, 7) is 21.9. The van der Waals surface area contributed by atoms with Crippen LogP contribution in [0, 0.1) is 0 Å². The molecule has 1 aromatic heterocycles. The second-order valence-electron chi connectivity index (χ2n) is 14.1. The molecular weight excluding hydrogens is 679 g/mol. The molecule has 5 nitrogen and oxygen atoms in total. The van der Waals surface area contributed by atoms with Crippen molar-refractivity contribution in [3.05, 3.63) is 132 Å². The molecule has 0 unspecified atom stereocenters. The number of nitrogens with one attached hydrogen (secondary N) is 1. The van der Waals surface area contributed by atoms with Crippen LogP contribution in [0.25, 0.3) is 27.5 Å². The molecule has 1 aliphatic heterocycles.